The van der Waals surface area contributed by atoms with E-state index in [-0.39, 0.29) is 5.91 Å². The first-order valence-corrected chi connectivity index (χ1v) is 8.72. The van der Waals surface area contributed by atoms with E-state index in [4.69, 9.17) is 0 Å². The molecule has 0 radical (unpaired) electrons. The molecule has 0 aliphatic heterocycles. The fourth-order valence-corrected chi connectivity index (χ4v) is 2.78. The molecular weight excluding hydrogens is 314 g/mol. The molecule has 0 fully saturated rings. The molecule has 0 saturated heterocycles. The Hall–Kier alpha value is -2.63. The standard InChI is InChI=1S/C19H27N5O/c1-5-24(6-2)17-9-7-16(8-10-17)13-20-23-19(25)12-11-18-14(3)21-22-15(18)4/h7-10,13H,5-6,11-12H2,1-4H3,(H,21,22)(H,23,25). The van der Waals surface area contributed by atoms with E-state index in [9.17, 15) is 4.79 Å². The van der Waals surface area contributed by atoms with E-state index in [0.29, 0.717) is 12.8 Å². The summed E-state index contributed by atoms with van der Waals surface area (Å²) in [5.74, 6) is -0.101. The molecule has 0 atom stereocenters. The quantitative estimate of drug-likeness (QED) is 0.573. The molecule has 0 unspecified atom stereocenters. The van der Waals surface area contributed by atoms with Crippen LogP contribution in [0.1, 0.15) is 42.8 Å². The Labute approximate surface area is 149 Å². The van der Waals surface area contributed by atoms with Crippen molar-refractivity contribution in [2.45, 2.75) is 40.5 Å². The van der Waals surface area contributed by atoms with Gasteiger partial charge in [0.1, 0.15) is 0 Å². The summed E-state index contributed by atoms with van der Waals surface area (Å²) in [7, 11) is 0. The summed E-state index contributed by atoms with van der Waals surface area (Å²) in [5, 5.41) is 11.1. The van der Waals surface area contributed by atoms with Gasteiger partial charge < -0.3 is 4.90 Å². The van der Waals surface area contributed by atoms with Gasteiger partial charge in [-0.3, -0.25) is 9.89 Å². The maximum Gasteiger partial charge on any atom is 0.240 e. The first-order chi connectivity index (χ1) is 12.0. The molecule has 0 bridgehead atoms. The highest BCUT2D eigenvalue weighted by Crippen LogP contribution is 2.14. The summed E-state index contributed by atoms with van der Waals surface area (Å²) >= 11 is 0. The third kappa shape index (κ3) is 5.17. The van der Waals surface area contributed by atoms with Gasteiger partial charge >= 0.3 is 0 Å². The summed E-state index contributed by atoms with van der Waals surface area (Å²) < 4.78 is 0. The number of H-pyrrole nitrogens is 1. The zero-order chi connectivity index (χ0) is 18.2. The van der Waals surface area contributed by atoms with Gasteiger partial charge in [0.2, 0.25) is 5.91 Å². The Balaban J connectivity index is 1.83. The number of carbonyl (C=O) groups is 1. The van der Waals surface area contributed by atoms with Gasteiger partial charge in [0.15, 0.2) is 0 Å². The normalized spacial score (nSPS) is 11.0. The molecule has 2 aromatic rings. The number of aromatic amines is 1. The van der Waals surface area contributed by atoms with E-state index < -0.39 is 0 Å². The Bertz CT molecular complexity index is 694. The van der Waals surface area contributed by atoms with Crippen LogP contribution in [0.15, 0.2) is 29.4 Å². The van der Waals surface area contributed by atoms with Crippen LogP contribution in [0.25, 0.3) is 0 Å². The molecular formula is C19H27N5O. The number of aromatic nitrogens is 2. The molecule has 0 aliphatic rings. The van der Waals surface area contributed by atoms with Gasteiger partial charge in [0.05, 0.1) is 11.9 Å². The minimum absolute atomic E-state index is 0.101. The van der Waals surface area contributed by atoms with E-state index in [1.807, 2.05) is 26.0 Å². The second kappa shape index (κ2) is 9.01. The number of hydrazone groups is 1. The van der Waals surface area contributed by atoms with Crippen molar-refractivity contribution in [2.75, 3.05) is 18.0 Å². The zero-order valence-electron chi connectivity index (χ0n) is 15.5. The summed E-state index contributed by atoms with van der Waals surface area (Å²) in [6.07, 6.45) is 2.71. The number of anilines is 1. The van der Waals surface area contributed by atoms with E-state index >= 15 is 0 Å². The highest BCUT2D eigenvalue weighted by molar-refractivity contribution is 5.83. The predicted octanol–water partition coefficient (Wildman–Crippen LogP) is 2.96. The van der Waals surface area contributed by atoms with Gasteiger partial charge in [0.25, 0.3) is 0 Å². The third-order valence-electron chi connectivity index (χ3n) is 4.31. The molecule has 6 heteroatoms. The third-order valence-corrected chi connectivity index (χ3v) is 4.31. The molecule has 2 rings (SSSR count). The highest BCUT2D eigenvalue weighted by atomic mass is 16.2. The van der Waals surface area contributed by atoms with Crippen molar-refractivity contribution in [1.29, 1.82) is 0 Å². The van der Waals surface area contributed by atoms with Gasteiger partial charge in [-0.2, -0.15) is 10.2 Å². The Morgan fingerprint density at radius 1 is 1.24 bits per heavy atom. The molecule has 1 amide bonds. The van der Waals surface area contributed by atoms with Gasteiger partial charge in [-0.1, -0.05) is 12.1 Å². The lowest BCUT2D eigenvalue weighted by Crippen LogP contribution is -2.21. The van der Waals surface area contributed by atoms with Crippen molar-refractivity contribution < 1.29 is 4.79 Å². The van der Waals surface area contributed by atoms with Gasteiger partial charge in [0, 0.05) is 30.9 Å². The van der Waals surface area contributed by atoms with E-state index in [1.54, 1.807) is 6.21 Å². The summed E-state index contributed by atoms with van der Waals surface area (Å²) in [6, 6.07) is 8.14. The number of nitrogens with one attached hydrogen (secondary N) is 2. The fraction of sp³-hybridized carbons (Fsp3) is 0.421. The molecule has 0 saturated carbocycles. The molecule has 0 spiro atoms. The number of amides is 1. The van der Waals surface area contributed by atoms with Crippen LogP contribution in [0.4, 0.5) is 5.69 Å². The number of hydrogen-bond acceptors (Lipinski definition) is 4. The monoisotopic (exact) mass is 341 g/mol. The summed E-state index contributed by atoms with van der Waals surface area (Å²) in [4.78, 5) is 14.2. The average Bonchev–Trinajstić information content (AvgIpc) is 2.93. The van der Waals surface area contributed by atoms with Crippen molar-refractivity contribution in [1.82, 2.24) is 15.6 Å². The molecule has 2 N–H and O–H groups in total. The van der Waals surface area contributed by atoms with Crippen molar-refractivity contribution in [3.8, 4) is 0 Å². The van der Waals surface area contributed by atoms with Crippen LogP contribution in [-0.4, -0.2) is 35.4 Å². The van der Waals surface area contributed by atoms with Crippen LogP contribution in [0.2, 0.25) is 0 Å². The van der Waals surface area contributed by atoms with Crippen molar-refractivity contribution >= 4 is 17.8 Å². The second-order valence-electron chi connectivity index (χ2n) is 5.97. The molecule has 134 valence electrons. The topological polar surface area (TPSA) is 73.4 Å². The Kier molecular flexibility index (Phi) is 6.74. The van der Waals surface area contributed by atoms with Crippen LogP contribution >= 0.6 is 0 Å². The number of aryl methyl sites for hydroxylation is 2. The number of carbonyl (C=O) groups excluding carboxylic acids is 1. The number of benzene rings is 1. The van der Waals surface area contributed by atoms with E-state index in [2.05, 4.69) is 51.6 Å². The first-order valence-electron chi connectivity index (χ1n) is 8.72. The number of nitrogens with zero attached hydrogens (tertiary/aromatic N) is 3. The largest absolute Gasteiger partial charge is 0.372 e. The Morgan fingerprint density at radius 3 is 2.48 bits per heavy atom. The molecule has 0 aliphatic carbocycles. The maximum absolute atomic E-state index is 11.9. The van der Waals surface area contributed by atoms with Crippen LogP contribution < -0.4 is 10.3 Å². The van der Waals surface area contributed by atoms with Gasteiger partial charge in [-0.25, -0.2) is 5.43 Å². The highest BCUT2D eigenvalue weighted by Gasteiger charge is 2.08. The minimum Gasteiger partial charge on any atom is -0.372 e. The smallest absolute Gasteiger partial charge is 0.240 e. The summed E-state index contributed by atoms with van der Waals surface area (Å²) in [6.45, 7) is 10.1. The first kappa shape index (κ1) is 18.7. The van der Waals surface area contributed by atoms with E-state index in [1.165, 1.54) is 5.69 Å². The van der Waals surface area contributed by atoms with E-state index in [0.717, 1.165) is 35.6 Å². The lowest BCUT2D eigenvalue weighted by atomic mass is 10.1. The molecule has 1 aromatic heterocycles. The Morgan fingerprint density at radius 2 is 1.92 bits per heavy atom. The van der Waals surface area contributed by atoms with Crippen molar-refractivity contribution in [2.24, 2.45) is 5.10 Å². The van der Waals surface area contributed by atoms with Gasteiger partial charge in [-0.05, 0) is 57.4 Å². The van der Waals surface area contributed by atoms with Crippen LogP contribution in [0, 0.1) is 13.8 Å². The fourth-order valence-electron chi connectivity index (χ4n) is 2.78. The minimum atomic E-state index is -0.101. The number of rotatable bonds is 8. The van der Waals surface area contributed by atoms with Crippen LogP contribution in [0.3, 0.4) is 0 Å². The van der Waals surface area contributed by atoms with Crippen molar-refractivity contribution in [3.05, 3.63) is 46.8 Å². The lowest BCUT2D eigenvalue weighted by molar-refractivity contribution is -0.121. The van der Waals surface area contributed by atoms with Crippen LogP contribution in [0.5, 0.6) is 0 Å². The second-order valence-corrected chi connectivity index (χ2v) is 5.97. The molecule has 1 aromatic carbocycles. The average molecular weight is 341 g/mol. The lowest BCUT2D eigenvalue weighted by Gasteiger charge is -2.20. The maximum atomic E-state index is 11.9. The molecule has 6 nitrogen and oxygen atoms in total. The zero-order valence-corrected chi connectivity index (χ0v) is 15.5. The van der Waals surface area contributed by atoms with Gasteiger partial charge in [-0.15, -0.1) is 0 Å². The SMILES string of the molecule is CCN(CC)c1ccc(C=NNC(=O)CCc2c(C)n[nH]c2C)cc1. The molecule has 25 heavy (non-hydrogen) atoms. The van der Waals surface area contributed by atoms with Crippen LogP contribution in [-0.2, 0) is 11.2 Å². The molecule has 1 heterocycles. The van der Waals surface area contributed by atoms with Crippen molar-refractivity contribution in [3.63, 3.8) is 0 Å². The predicted molar refractivity (Wildman–Crippen MR) is 102 cm³/mol. The number of hydrogen-bond donors (Lipinski definition) is 2. The summed E-state index contributed by atoms with van der Waals surface area (Å²) in [5.41, 5.74) is 7.79.